The van der Waals surface area contributed by atoms with Gasteiger partial charge in [0.2, 0.25) is 0 Å². The minimum atomic E-state index is -0.602. The van der Waals surface area contributed by atoms with Gasteiger partial charge in [0.1, 0.15) is 11.8 Å². The summed E-state index contributed by atoms with van der Waals surface area (Å²) in [6.07, 6.45) is 0. The van der Waals surface area contributed by atoms with Gasteiger partial charge in [0, 0.05) is 3.57 Å². The number of hydrogen-bond acceptors (Lipinski definition) is 3. The maximum absolute atomic E-state index is 11.0. The number of primary amides is 1. The molecule has 0 heterocycles. The number of nitrogens with zero attached hydrogens (tertiary/aromatic N) is 1. The molecule has 0 aliphatic carbocycles. The zero-order valence-electron chi connectivity index (χ0n) is 7.37. The van der Waals surface area contributed by atoms with E-state index in [0.29, 0.717) is 11.3 Å². The summed E-state index contributed by atoms with van der Waals surface area (Å²) in [5.41, 5.74) is 5.78. The minimum Gasteiger partial charge on any atom is -0.496 e. The third-order valence-electron chi connectivity index (χ3n) is 1.68. The average Bonchev–Trinajstić information content (AvgIpc) is 2.16. The number of methoxy groups -OCH3 is 1. The fourth-order valence-corrected chi connectivity index (χ4v) is 1.56. The van der Waals surface area contributed by atoms with Gasteiger partial charge in [-0.3, -0.25) is 4.79 Å². The van der Waals surface area contributed by atoms with Crippen molar-refractivity contribution in [2.24, 2.45) is 5.73 Å². The minimum absolute atomic E-state index is 0.226. The number of nitrogens with two attached hydrogens (primary N) is 1. The van der Waals surface area contributed by atoms with Gasteiger partial charge in [0.25, 0.3) is 5.91 Å². The predicted molar refractivity (Wildman–Crippen MR) is 58.9 cm³/mol. The summed E-state index contributed by atoms with van der Waals surface area (Å²) >= 11 is 1.99. The van der Waals surface area contributed by atoms with Gasteiger partial charge in [-0.15, -0.1) is 0 Å². The summed E-state index contributed by atoms with van der Waals surface area (Å²) in [7, 11) is 1.45. The third kappa shape index (κ3) is 1.96. The molecule has 0 fully saturated rings. The monoisotopic (exact) mass is 302 g/mol. The molecule has 2 N–H and O–H groups in total. The second-order valence-electron chi connectivity index (χ2n) is 2.51. The standard InChI is InChI=1S/C9H7IN2O2/c1-14-8-3-7(10)5(4-11)2-6(8)9(12)13/h2-3H,1H3,(H2,12,13). The van der Waals surface area contributed by atoms with Crippen LogP contribution < -0.4 is 10.5 Å². The average molecular weight is 302 g/mol. The van der Waals surface area contributed by atoms with E-state index in [2.05, 4.69) is 0 Å². The largest absolute Gasteiger partial charge is 0.496 e. The van der Waals surface area contributed by atoms with E-state index in [1.807, 2.05) is 28.7 Å². The molecule has 0 aliphatic heterocycles. The van der Waals surface area contributed by atoms with E-state index < -0.39 is 5.91 Å². The molecule has 0 atom stereocenters. The topological polar surface area (TPSA) is 76.1 Å². The van der Waals surface area contributed by atoms with Gasteiger partial charge < -0.3 is 10.5 Å². The van der Waals surface area contributed by atoms with Crippen molar-refractivity contribution in [2.45, 2.75) is 0 Å². The maximum Gasteiger partial charge on any atom is 0.252 e. The van der Waals surface area contributed by atoms with Crippen LogP contribution in [0.4, 0.5) is 0 Å². The van der Waals surface area contributed by atoms with Crippen LogP contribution >= 0.6 is 22.6 Å². The Morgan fingerprint density at radius 3 is 2.71 bits per heavy atom. The maximum atomic E-state index is 11.0. The number of halogens is 1. The van der Waals surface area contributed by atoms with Crippen molar-refractivity contribution in [3.05, 3.63) is 26.8 Å². The summed E-state index contributed by atoms with van der Waals surface area (Å²) < 4.78 is 5.70. The molecule has 0 unspecified atom stereocenters. The highest BCUT2D eigenvalue weighted by Gasteiger charge is 2.12. The lowest BCUT2D eigenvalue weighted by Gasteiger charge is -2.06. The lowest BCUT2D eigenvalue weighted by molar-refractivity contribution is 0.0997. The fourth-order valence-electron chi connectivity index (χ4n) is 1.00. The van der Waals surface area contributed by atoms with Crippen LogP contribution in [0.15, 0.2) is 12.1 Å². The predicted octanol–water partition coefficient (Wildman–Crippen LogP) is 1.27. The number of nitriles is 1. The van der Waals surface area contributed by atoms with Crippen LogP contribution in [0, 0.1) is 14.9 Å². The number of benzene rings is 1. The normalized spacial score (nSPS) is 9.21. The lowest BCUT2D eigenvalue weighted by atomic mass is 10.1. The quantitative estimate of drug-likeness (QED) is 0.836. The molecule has 5 heteroatoms. The number of carbonyl (C=O) groups excluding carboxylic acids is 1. The molecule has 0 saturated heterocycles. The van der Waals surface area contributed by atoms with Gasteiger partial charge in [0.05, 0.1) is 18.2 Å². The van der Waals surface area contributed by atoms with Crippen molar-refractivity contribution in [3.63, 3.8) is 0 Å². The van der Waals surface area contributed by atoms with Crippen LogP contribution in [0.2, 0.25) is 0 Å². The van der Waals surface area contributed by atoms with E-state index in [0.717, 1.165) is 3.57 Å². The molecular weight excluding hydrogens is 295 g/mol. The first-order chi connectivity index (χ1) is 6.60. The van der Waals surface area contributed by atoms with Crippen molar-refractivity contribution in [2.75, 3.05) is 7.11 Å². The van der Waals surface area contributed by atoms with Crippen molar-refractivity contribution >= 4 is 28.5 Å². The lowest BCUT2D eigenvalue weighted by Crippen LogP contribution is -2.13. The number of amides is 1. The molecule has 0 bridgehead atoms. The smallest absolute Gasteiger partial charge is 0.252 e. The molecule has 14 heavy (non-hydrogen) atoms. The molecule has 0 saturated carbocycles. The van der Waals surface area contributed by atoms with Crippen LogP contribution in [-0.2, 0) is 0 Å². The van der Waals surface area contributed by atoms with Gasteiger partial charge in [-0.25, -0.2) is 0 Å². The first-order valence-corrected chi connectivity index (χ1v) is 4.75. The van der Waals surface area contributed by atoms with Gasteiger partial charge in [-0.05, 0) is 34.7 Å². The van der Waals surface area contributed by atoms with Gasteiger partial charge in [-0.1, -0.05) is 0 Å². The Kier molecular flexibility index (Phi) is 3.30. The van der Waals surface area contributed by atoms with Gasteiger partial charge in [0.15, 0.2) is 0 Å². The van der Waals surface area contributed by atoms with Crippen LogP contribution in [0.3, 0.4) is 0 Å². The highest BCUT2D eigenvalue weighted by Crippen LogP contribution is 2.24. The van der Waals surface area contributed by atoms with Crippen molar-refractivity contribution in [1.82, 2.24) is 0 Å². The molecule has 1 aromatic rings. The van der Waals surface area contributed by atoms with Crippen molar-refractivity contribution in [3.8, 4) is 11.8 Å². The van der Waals surface area contributed by atoms with Crippen molar-refractivity contribution in [1.29, 1.82) is 5.26 Å². The zero-order chi connectivity index (χ0) is 10.7. The number of hydrogen-bond donors (Lipinski definition) is 1. The Morgan fingerprint density at radius 2 is 2.29 bits per heavy atom. The highest BCUT2D eigenvalue weighted by molar-refractivity contribution is 14.1. The van der Waals surface area contributed by atoms with E-state index in [-0.39, 0.29) is 5.56 Å². The van der Waals surface area contributed by atoms with E-state index >= 15 is 0 Å². The molecule has 0 spiro atoms. The van der Waals surface area contributed by atoms with Gasteiger partial charge in [-0.2, -0.15) is 5.26 Å². The summed E-state index contributed by atoms with van der Waals surface area (Å²) in [6, 6.07) is 5.01. The molecule has 0 aliphatic rings. The Hall–Kier alpha value is -1.29. The van der Waals surface area contributed by atoms with Crippen LogP contribution in [-0.4, -0.2) is 13.0 Å². The SMILES string of the molecule is COc1cc(I)c(C#N)cc1C(N)=O. The van der Waals surface area contributed by atoms with E-state index in [4.69, 9.17) is 15.7 Å². The Morgan fingerprint density at radius 1 is 1.64 bits per heavy atom. The molecule has 72 valence electrons. The third-order valence-corrected chi connectivity index (χ3v) is 2.57. The molecule has 1 rings (SSSR count). The van der Waals surface area contributed by atoms with Crippen LogP contribution in [0.1, 0.15) is 15.9 Å². The van der Waals surface area contributed by atoms with E-state index in [1.54, 1.807) is 6.07 Å². The number of carbonyl (C=O) groups is 1. The first kappa shape index (κ1) is 10.8. The van der Waals surface area contributed by atoms with Crippen LogP contribution in [0.25, 0.3) is 0 Å². The highest BCUT2D eigenvalue weighted by atomic mass is 127. The Balaban J connectivity index is 3.42. The van der Waals surface area contributed by atoms with Gasteiger partial charge >= 0.3 is 0 Å². The first-order valence-electron chi connectivity index (χ1n) is 3.67. The molecule has 4 nitrogen and oxygen atoms in total. The summed E-state index contributed by atoms with van der Waals surface area (Å²) in [5, 5.41) is 8.74. The molecule has 1 aromatic carbocycles. The Bertz CT molecular complexity index is 424. The number of ether oxygens (including phenoxy) is 1. The summed E-state index contributed by atoms with van der Waals surface area (Å²) in [4.78, 5) is 11.0. The molecular formula is C9H7IN2O2. The molecule has 1 amide bonds. The second kappa shape index (κ2) is 4.28. The molecule has 0 radical (unpaired) electrons. The van der Waals surface area contributed by atoms with Crippen LogP contribution in [0.5, 0.6) is 5.75 Å². The Labute approximate surface area is 94.8 Å². The van der Waals surface area contributed by atoms with E-state index in [1.165, 1.54) is 13.2 Å². The number of rotatable bonds is 2. The fraction of sp³-hybridized carbons (Fsp3) is 0.111. The van der Waals surface area contributed by atoms with E-state index in [9.17, 15) is 4.79 Å². The van der Waals surface area contributed by atoms with Crippen molar-refractivity contribution < 1.29 is 9.53 Å². The summed E-state index contributed by atoms with van der Waals surface area (Å²) in [5.74, 6) is -0.212. The summed E-state index contributed by atoms with van der Waals surface area (Å²) in [6.45, 7) is 0. The zero-order valence-corrected chi connectivity index (χ0v) is 9.53. The second-order valence-corrected chi connectivity index (χ2v) is 3.67. The molecule has 0 aromatic heterocycles.